The SMILES string of the molecule is C/C(=N\OCC(=O)Nc1ccccc1)c1ccc2c(c1)OCCO2. The van der Waals surface area contributed by atoms with Crippen molar-refractivity contribution >= 4 is 17.3 Å². The zero-order valence-electron chi connectivity index (χ0n) is 13.3. The lowest BCUT2D eigenvalue weighted by atomic mass is 10.1. The lowest BCUT2D eigenvalue weighted by molar-refractivity contribution is -0.120. The Morgan fingerprint density at radius 2 is 1.88 bits per heavy atom. The number of nitrogens with zero attached hydrogens (tertiary/aromatic N) is 1. The number of carbonyl (C=O) groups is 1. The molecular weight excluding hydrogens is 308 g/mol. The molecule has 0 bridgehead atoms. The van der Waals surface area contributed by atoms with Crippen LogP contribution in [0.25, 0.3) is 0 Å². The van der Waals surface area contributed by atoms with E-state index in [1.165, 1.54) is 0 Å². The van der Waals surface area contributed by atoms with Crippen molar-refractivity contribution in [1.82, 2.24) is 0 Å². The van der Waals surface area contributed by atoms with E-state index in [9.17, 15) is 4.79 Å². The monoisotopic (exact) mass is 326 g/mol. The molecule has 1 aliphatic rings. The summed E-state index contributed by atoms with van der Waals surface area (Å²) in [6.07, 6.45) is 0. The van der Waals surface area contributed by atoms with Gasteiger partial charge in [-0.05, 0) is 37.3 Å². The third kappa shape index (κ3) is 4.04. The van der Waals surface area contributed by atoms with E-state index in [-0.39, 0.29) is 12.5 Å². The molecule has 1 amide bonds. The Bertz CT molecular complexity index is 744. The van der Waals surface area contributed by atoms with Crippen LogP contribution in [0.2, 0.25) is 0 Å². The fraction of sp³-hybridized carbons (Fsp3) is 0.222. The molecule has 6 heteroatoms. The number of oxime groups is 1. The summed E-state index contributed by atoms with van der Waals surface area (Å²) in [5.74, 6) is 1.15. The molecule has 1 aliphatic heterocycles. The second kappa shape index (κ2) is 7.50. The van der Waals surface area contributed by atoms with E-state index in [1.807, 2.05) is 48.5 Å². The number of fused-ring (bicyclic) bond motifs is 1. The number of benzene rings is 2. The van der Waals surface area contributed by atoms with Gasteiger partial charge in [-0.25, -0.2) is 0 Å². The number of amides is 1. The number of para-hydroxylation sites is 1. The molecule has 1 heterocycles. The number of hydrogen-bond acceptors (Lipinski definition) is 5. The maximum absolute atomic E-state index is 11.8. The van der Waals surface area contributed by atoms with Gasteiger partial charge in [-0.2, -0.15) is 0 Å². The van der Waals surface area contributed by atoms with Crippen LogP contribution in [0, 0.1) is 0 Å². The predicted molar refractivity (Wildman–Crippen MR) is 90.7 cm³/mol. The highest BCUT2D eigenvalue weighted by atomic mass is 16.6. The van der Waals surface area contributed by atoms with Crippen molar-refractivity contribution in [1.29, 1.82) is 0 Å². The Hall–Kier alpha value is -3.02. The van der Waals surface area contributed by atoms with Gasteiger partial charge < -0.3 is 19.6 Å². The minimum atomic E-state index is -0.264. The van der Waals surface area contributed by atoms with E-state index in [2.05, 4.69) is 10.5 Å². The second-order valence-electron chi connectivity index (χ2n) is 5.22. The summed E-state index contributed by atoms with van der Waals surface area (Å²) >= 11 is 0. The molecule has 1 N–H and O–H groups in total. The van der Waals surface area contributed by atoms with Crippen LogP contribution in [0.3, 0.4) is 0 Å². The molecular formula is C18H18N2O4. The van der Waals surface area contributed by atoms with Gasteiger partial charge in [-0.3, -0.25) is 4.79 Å². The van der Waals surface area contributed by atoms with Crippen LogP contribution in [-0.4, -0.2) is 31.4 Å². The Kier molecular flexibility index (Phi) is 4.96. The van der Waals surface area contributed by atoms with Gasteiger partial charge in [0.05, 0.1) is 5.71 Å². The Balaban J connectivity index is 1.55. The highest BCUT2D eigenvalue weighted by Gasteiger charge is 2.12. The molecule has 0 fully saturated rings. The smallest absolute Gasteiger partial charge is 0.265 e. The third-order valence-corrected chi connectivity index (χ3v) is 3.41. The Morgan fingerprint density at radius 1 is 1.12 bits per heavy atom. The van der Waals surface area contributed by atoms with Gasteiger partial charge >= 0.3 is 0 Å². The number of carbonyl (C=O) groups excluding carboxylic acids is 1. The molecule has 124 valence electrons. The zero-order chi connectivity index (χ0) is 16.8. The molecule has 0 atom stereocenters. The third-order valence-electron chi connectivity index (χ3n) is 3.41. The van der Waals surface area contributed by atoms with Crippen LogP contribution in [0.5, 0.6) is 11.5 Å². The highest BCUT2D eigenvalue weighted by molar-refractivity contribution is 5.99. The molecule has 0 radical (unpaired) electrons. The van der Waals surface area contributed by atoms with Crippen molar-refractivity contribution in [3.8, 4) is 11.5 Å². The van der Waals surface area contributed by atoms with Crippen LogP contribution in [-0.2, 0) is 9.63 Å². The molecule has 0 aromatic heterocycles. The van der Waals surface area contributed by atoms with Crippen molar-refractivity contribution in [2.45, 2.75) is 6.92 Å². The van der Waals surface area contributed by atoms with Crippen LogP contribution in [0.1, 0.15) is 12.5 Å². The van der Waals surface area contributed by atoms with Crippen LogP contribution < -0.4 is 14.8 Å². The van der Waals surface area contributed by atoms with E-state index < -0.39 is 0 Å². The van der Waals surface area contributed by atoms with E-state index in [0.717, 1.165) is 17.0 Å². The summed E-state index contributed by atoms with van der Waals surface area (Å²) < 4.78 is 11.0. The molecule has 0 saturated carbocycles. The summed E-state index contributed by atoms with van der Waals surface area (Å²) in [5, 5.41) is 6.71. The molecule has 0 saturated heterocycles. The van der Waals surface area contributed by atoms with E-state index >= 15 is 0 Å². The first-order valence-electron chi connectivity index (χ1n) is 7.64. The van der Waals surface area contributed by atoms with Crippen LogP contribution in [0.15, 0.2) is 53.7 Å². The number of rotatable bonds is 5. The maximum Gasteiger partial charge on any atom is 0.265 e. The normalized spacial score (nSPS) is 13.3. The van der Waals surface area contributed by atoms with Gasteiger partial charge in [0.15, 0.2) is 18.1 Å². The fourth-order valence-corrected chi connectivity index (χ4v) is 2.23. The minimum Gasteiger partial charge on any atom is -0.486 e. The van der Waals surface area contributed by atoms with E-state index in [4.69, 9.17) is 14.3 Å². The van der Waals surface area contributed by atoms with Crippen LogP contribution >= 0.6 is 0 Å². The molecule has 3 rings (SSSR count). The predicted octanol–water partition coefficient (Wildman–Crippen LogP) is 2.84. The van der Waals surface area contributed by atoms with Crippen molar-refractivity contribution < 1.29 is 19.1 Å². The maximum atomic E-state index is 11.8. The molecule has 0 spiro atoms. The topological polar surface area (TPSA) is 69.2 Å². The largest absolute Gasteiger partial charge is 0.486 e. The van der Waals surface area contributed by atoms with Gasteiger partial charge in [-0.1, -0.05) is 23.4 Å². The van der Waals surface area contributed by atoms with Gasteiger partial charge in [0.1, 0.15) is 13.2 Å². The summed E-state index contributed by atoms with van der Waals surface area (Å²) in [4.78, 5) is 16.9. The summed E-state index contributed by atoms with van der Waals surface area (Å²) in [5.41, 5.74) is 2.22. The molecule has 24 heavy (non-hydrogen) atoms. The Labute approximate surface area is 140 Å². The van der Waals surface area contributed by atoms with Gasteiger partial charge in [-0.15, -0.1) is 0 Å². The number of nitrogens with one attached hydrogen (secondary N) is 1. The first-order valence-corrected chi connectivity index (χ1v) is 7.64. The fourth-order valence-electron chi connectivity index (χ4n) is 2.23. The lowest BCUT2D eigenvalue weighted by Gasteiger charge is -2.18. The quantitative estimate of drug-likeness (QED) is 0.677. The van der Waals surface area contributed by atoms with Gasteiger partial charge in [0.2, 0.25) is 0 Å². The summed E-state index contributed by atoms with van der Waals surface area (Å²) in [6.45, 7) is 2.74. The van der Waals surface area contributed by atoms with Gasteiger partial charge in [0, 0.05) is 11.3 Å². The summed E-state index contributed by atoms with van der Waals surface area (Å²) in [6, 6.07) is 14.8. The molecule has 6 nitrogen and oxygen atoms in total. The molecule has 2 aromatic rings. The molecule has 0 unspecified atom stereocenters. The lowest BCUT2D eigenvalue weighted by Crippen LogP contribution is -2.17. The average Bonchev–Trinajstić information content (AvgIpc) is 2.62. The number of ether oxygens (including phenoxy) is 2. The first kappa shape index (κ1) is 15.9. The number of anilines is 1. The van der Waals surface area contributed by atoms with Crippen molar-refractivity contribution in [3.05, 3.63) is 54.1 Å². The van der Waals surface area contributed by atoms with Crippen molar-refractivity contribution in [2.75, 3.05) is 25.1 Å². The van der Waals surface area contributed by atoms with Crippen LogP contribution in [0.4, 0.5) is 5.69 Å². The van der Waals surface area contributed by atoms with Crippen molar-refractivity contribution in [3.63, 3.8) is 0 Å². The van der Waals surface area contributed by atoms with Crippen molar-refractivity contribution in [2.24, 2.45) is 5.16 Å². The summed E-state index contributed by atoms with van der Waals surface area (Å²) in [7, 11) is 0. The standard InChI is InChI=1S/C18H18N2O4/c1-13(14-7-8-16-17(11-14)23-10-9-22-16)20-24-12-18(21)19-15-5-3-2-4-6-15/h2-8,11H,9-10,12H2,1H3,(H,19,21)/b20-13+. The number of hydrogen-bond donors (Lipinski definition) is 1. The highest BCUT2D eigenvalue weighted by Crippen LogP contribution is 2.30. The zero-order valence-corrected chi connectivity index (χ0v) is 13.3. The Morgan fingerprint density at radius 3 is 2.67 bits per heavy atom. The average molecular weight is 326 g/mol. The van der Waals surface area contributed by atoms with E-state index in [1.54, 1.807) is 6.92 Å². The minimum absolute atomic E-state index is 0.156. The molecule has 2 aromatic carbocycles. The molecule has 0 aliphatic carbocycles. The van der Waals surface area contributed by atoms with E-state index in [0.29, 0.717) is 24.7 Å². The first-order chi connectivity index (χ1) is 11.7. The second-order valence-corrected chi connectivity index (χ2v) is 5.22. The van der Waals surface area contributed by atoms with Gasteiger partial charge in [0.25, 0.3) is 5.91 Å².